The first-order chi connectivity index (χ1) is 10.4. The molecule has 2 atom stereocenters. The van der Waals surface area contributed by atoms with Gasteiger partial charge in [0.25, 0.3) is 0 Å². The summed E-state index contributed by atoms with van der Waals surface area (Å²) in [5, 5.41) is 12.2. The van der Waals surface area contributed by atoms with E-state index in [1.165, 1.54) is 0 Å². The highest BCUT2D eigenvalue weighted by atomic mass is 16.4. The largest absolute Gasteiger partial charge is 0.409 e. The lowest BCUT2D eigenvalue weighted by atomic mass is 9.61. The maximum absolute atomic E-state index is 8.98. The third kappa shape index (κ3) is 2.05. The van der Waals surface area contributed by atoms with E-state index in [9.17, 15) is 0 Å². The molecular formula is C16H23N5O. The van der Waals surface area contributed by atoms with Crippen molar-refractivity contribution < 1.29 is 5.21 Å². The summed E-state index contributed by atoms with van der Waals surface area (Å²) in [6.07, 6.45) is 11.2. The molecule has 2 aliphatic carbocycles. The third-order valence-electron chi connectivity index (χ3n) is 5.63. The molecule has 6 heteroatoms. The average molecular weight is 301 g/mol. The van der Waals surface area contributed by atoms with Gasteiger partial charge in [0.05, 0.1) is 12.0 Å². The number of guanidine groups is 1. The van der Waals surface area contributed by atoms with Gasteiger partial charge in [-0.15, -0.1) is 0 Å². The van der Waals surface area contributed by atoms with Crippen molar-refractivity contribution in [3.8, 4) is 0 Å². The van der Waals surface area contributed by atoms with Gasteiger partial charge in [0.15, 0.2) is 0 Å². The maximum Gasteiger partial charge on any atom is 0.214 e. The van der Waals surface area contributed by atoms with Crippen LogP contribution in [0.3, 0.4) is 0 Å². The van der Waals surface area contributed by atoms with Crippen LogP contribution in [0, 0.1) is 16.2 Å². The molecule has 1 heterocycles. The quantitative estimate of drug-likeness (QED) is 0.320. The zero-order valence-corrected chi connectivity index (χ0v) is 13.1. The molecule has 1 fully saturated rings. The molecule has 0 aromatic carbocycles. The molecule has 118 valence electrons. The van der Waals surface area contributed by atoms with Crippen molar-refractivity contribution in [3.05, 3.63) is 23.8 Å². The van der Waals surface area contributed by atoms with E-state index in [1.54, 1.807) is 0 Å². The van der Waals surface area contributed by atoms with Gasteiger partial charge in [0, 0.05) is 17.0 Å². The van der Waals surface area contributed by atoms with Gasteiger partial charge in [-0.25, -0.2) is 4.99 Å². The van der Waals surface area contributed by atoms with E-state index >= 15 is 0 Å². The van der Waals surface area contributed by atoms with Crippen LogP contribution in [0.25, 0.3) is 0 Å². The van der Waals surface area contributed by atoms with Crippen LogP contribution in [0.1, 0.15) is 33.1 Å². The zero-order valence-electron chi connectivity index (χ0n) is 13.1. The zero-order chi connectivity index (χ0) is 16.0. The summed E-state index contributed by atoms with van der Waals surface area (Å²) in [7, 11) is 0. The van der Waals surface area contributed by atoms with E-state index in [4.69, 9.17) is 16.7 Å². The molecule has 1 saturated carbocycles. The molecule has 2 unspecified atom stereocenters. The van der Waals surface area contributed by atoms with Crippen molar-refractivity contribution in [1.82, 2.24) is 0 Å². The minimum atomic E-state index is -0.253. The molecule has 0 bridgehead atoms. The van der Waals surface area contributed by atoms with E-state index < -0.39 is 0 Å². The molecule has 3 aliphatic rings. The second-order valence-electron chi connectivity index (χ2n) is 7.03. The highest BCUT2D eigenvalue weighted by Crippen LogP contribution is 2.56. The maximum atomic E-state index is 8.98. The van der Waals surface area contributed by atoms with E-state index in [1.807, 2.05) is 6.21 Å². The third-order valence-corrected chi connectivity index (χ3v) is 5.63. The van der Waals surface area contributed by atoms with Crippen molar-refractivity contribution in [2.24, 2.45) is 42.9 Å². The van der Waals surface area contributed by atoms with Gasteiger partial charge in [-0.05, 0) is 24.8 Å². The predicted octanol–water partition coefficient (Wildman–Crippen LogP) is 1.81. The van der Waals surface area contributed by atoms with E-state index in [2.05, 4.69) is 47.2 Å². The summed E-state index contributed by atoms with van der Waals surface area (Å²) >= 11 is 0. The number of nitrogens with two attached hydrogens (primary N) is 2. The first kappa shape index (κ1) is 14.8. The fraction of sp³-hybridized carbons (Fsp3) is 0.562. The molecule has 22 heavy (non-hydrogen) atoms. The molecule has 5 N–H and O–H groups in total. The first-order valence-electron chi connectivity index (χ1n) is 7.58. The van der Waals surface area contributed by atoms with Crippen molar-refractivity contribution in [3.63, 3.8) is 0 Å². The fourth-order valence-electron chi connectivity index (χ4n) is 3.29. The van der Waals surface area contributed by atoms with E-state index in [0.29, 0.717) is 18.3 Å². The lowest BCUT2D eigenvalue weighted by Crippen LogP contribution is -2.43. The summed E-state index contributed by atoms with van der Waals surface area (Å²) in [6, 6.07) is 0. The van der Waals surface area contributed by atoms with Crippen molar-refractivity contribution in [2.45, 2.75) is 33.1 Å². The molecule has 0 radical (unpaired) electrons. The topological polar surface area (TPSA) is 109 Å². The summed E-state index contributed by atoms with van der Waals surface area (Å²) in [5.74, 6) is 0.663. The number of hydrogen-bond acceptors (Lipinski definition) is 5. The van der Waals surface area contributed by atoms with Crippen LogP contribution in [0.15, 0.2) is 38.9 Å². The number of rotatable bonds is 3. The van der Waals surface area contributed by atoms with Crippen LogP contribution in [-0.4, -0.2) is 29.8 Å². The molecule has 0 saturated heterocycles. The lowest BCUT2D eigenvalue weighted by Gasteiger charge is -2.43. The highest BCUT2D eigenvalue weighted by Gasteiger charge is 2.51. The molecule has 6 nitrogen and oxygen atoms in total. The Kier molecular flexibility index (Phi) is 3.16. The molecule has 0 aromatic rings. The second-order valence-corrected chi connectivity index (χ2v) is 7.03. The molecule has 1 aliphatic heterocycles. The van der Waals surface area contributed by atoms with Crippen molar-refractivity contribution in [1.29, 1.82) is 0 Å². The van der Waals surface area contributed by atoms with Crippen LogP contribution in [0.4, 0.5) is 0 Å². The Hall–Kier alpha value is -2.11. The molecule has 0 amide bonds. The van der Waals surface area contributed by atoms with Crippen LogP contribution >= 0.6 is 0 Å². The van der Waals surface area contributed by atoms with Crippen LogP contribution in [0.2, 0.25) is 0 Å². The Morgan fingerprint density at radius 2 is 2.05 bits per heavy atom. The van der Waals surface area contributed by atoms with Gasteiger partial charge < -0.3 is 16.7 Å². The Labute approximate surface area is 130 Å². The van der Waals surface area contributed by atoms with Gasteiger partial charge in [-0.1, -0.05) is 37.2 Å². The molecule has 0 spiro atoms. The van der Waals surface area contributed by atoms with Gasteiger partial charge in [-0.2, -0.15) is 0 Å². The number of aliphatic imine (C=N–C) groups is 2. The summed E-state index contributed by atoms with van der Waals surface area (Å²) in [5.41, 5.74) is 12.2. The van der Waals surface area contributed by atoms with Crippen molar-refractivity contribution >= 4 is 18.0 Å². The summed E-state index contributed by atoms with van der Waals surface area (Å²) < 4.78 is 0. The standard InChI is InChI=1S/C16H23N5O/c1-14(15(2)9-19-13(18)20-10-15)5-3-11(4-6-14)16(7-8-16)12(17)21-22/h3-5,9,22H,6-8,10H2,1-2H3,(H2,17,21)(H2,18,20). The molecule has 0 aromatic heterocycles. The number of nitrogens with zero attached hydrogens (tertiary/aromatic N) is 3. The van der Waals surface area contributed by atoms with Crippen LogP contribution in [0.5, 0.6) is 0 Å². The lowest BCUT2D eigenvalue weighted by molar-refractivity contribution is 0.219. The van der Waals surface area contributed by atoms with Gasteiger partial charge >= 0.3 is 0 Å². The fourth-order valence-corrected chi connectivity index (χ4v) is 3.29. The summed E-state index contributed by atoms with van der Waals surface area (Å²) in [4.78, 5) is 8.50. The Morgan fingerprint density at radius 3 is 2.50 bits per heavy atom. The van der Waals surface area contributed by atoms with E-state index in [-0.39, 0.29) is 16.2 Å². The van der Waals surface area contributed by atoms with Gasteiger partial charge in [-0.3, -0.25) is 4.99 Å². The van der Waals surface area contributed by atoms with Gasteiger partial charge in [0.2, 0.25) is 5.96 Å². The van der Waals surface area contributed by atoms with Crippen molar-refractivity contribution in [2.75, 3.05) is 6.54 Å². The minimum Gasteiger partial charge on any atom is -0.409 e. The second kappa shape index (κ2) is 4.69. The number of hydrogen-bond donors (Lipinski definition) is 3. The van der Waals surface area contributed by atoms with Gasteiger partial charge in [0.1, 0.15) is 5.84 Å². The highest BCUT2D eigenvalue weighted by molar-refractivity contribution is 5.93. The molecular weight excluding hydrogens is 278 g/mol. The monoisotopic (exact) mass is 301 g/mol. The van der Waals surface area contributed by atoms with Crippen LogP contribution < -0.4 is 11.5 Å². The van der Waals surface area contributed by atoms with Crippen LogP contribution in [-0.2, 0) is 0 Å². The number of allylic oxidation sites excluding steroid dienone is 3. The number of amidine groups is 1. The molecule has 3 rings (SSSR count). The SMILES string of the molecule is CC1(C2(C)C=NC(N)=NC2)C=CC(C2(/C(N)=N/O)CC2)=CC1. The normalized spacial score (nSPS) is 36.7. The Bertz CT molecular complexity index is 641. The first-order valence-corrected chi connectivity index (χ1v) is 7.58. The Morgan fingerprint density at radius 1 is 1.32 bits per heavy atom. The van der Waals surface area contributed by atoms with E-state index in [0.717, 1.165) is 24.8 Å². The Balaban J connectivity index is 1.82. The average Bonchev–Trinajstić information content (AvgIpc) is 3.32. The smallest absolute Gasteiger partial charge is 0.214 e. The summed E-state index contributed by atoms with van der Waals surface area (Å²) in [6.45, 7) is 5.01. The predicted molar refractivity (Wildman–Crippen MR) is 88.1 cm³/mol. The minimum absolute atomic E-state index is 0.0780. The number of oxime groups is 1.